The molecule has 3 rings (SSSR count). The highest BCUT2D eigenvalue weighted by Crippen LogP contribution is 2.19. The first-order valence-corrected chi connectivity index (χ1v) is 11.2. The Morgan fingerprint density at radius 1 is 1.09 bits per heavy atom. The van der Waals surface area contributed by atoms with Gasteiger partial charge < -0.3 is 14.6 Å². The highest BCUT2D eigenvalue weighted by molar-refractivity contribution is 7.89. The number of rotatable bonds is 9. The van der Waals surface area contributed by atoms with E-state index in [2.05, 4.69) is 20.2 Å². The van der Waals surface area contributed by atoms with Gasteiger partial charge in [-0.05, 0) is 48.5 Å². The molecule has 0 spiro atoms. The summed E-state index contributed by atoms with van der Waals surface area (Å²) in [6.07, 6.45) is -0.193. The number of anilines is 1. The number of sulfonamides is 1. The number of benzene rings is 2. The van der Waals surface area contributed by atoms with Crippen LogP contribution in [0.4, 0.5) is 5.69 Å². The van der Waals surface area contributed by atoms with Crippen LogP contribution < -0.4 is 10.0 Å². The Hall–Kier alpha value is -3.28. The molecule has 0 unspecified atom stereocenters. The summed E-state index contributed by atoms with van der Waals surface area (Å²) in [7, 11) is -3.82. The van der Waals surface area contributed by atoms with Crippen molar-refractivity contribution in [3.05, 3.63) is 59.4 Å². The molecule has 0 atom stereocenters. The van der Waals surface area contributed by atoms with E-state index < -0.39 is 16.0 Å². The molecule has 3 aromatic rings. The summed E-state index contributed by atoms with van der Waals surface area (Å²) in [6.45, 7) is 0.952. The second kappa shape index (κ2) is 10.4. The SMILES string of the molecule is CC(=O)Nc1ccc(S(=O)(=O)NCCC(=O)OCc2nc(-c3ccc(Cl)cc3)no2)cc1. The van der Waals surface area contributed by atoms with Gasteiger partial charge in [0.05, 0.1) is 11.3 Å². The second-order valence-corrected chi connectivity index (χ2v) is 8.74. The standard InChI is InChI=1S/C20H19ClN4O6S/c1-13(26)23-16-6-8-17(9-7-16)32(28,29)22-11-10-19(27)30-12-18-24-20(25-31-18)14-2-4-15(21)5-3-14/h2-9,22H,10-12H2,1H3,(H,23,26). The molecule has 0 saturated carbocycles. The Balaban J connectivity index is 1.45. The number of hydrogen-bond acceptors (Lipinski definition) is 8. The molecule has 0 fully saturated rings. The molecule has 0 aliphatic heterocycles. The van der Waals surface area contributed by atoms with Gasteiger partial charge in [0, 0.05) is 29.7 Å². The van der Waals surface area contributed by atoms with Crippen molar-refractivity contribution < 1.29 is 27.3 Å². The monoisotopic (exact) mass is 478 g/mol. The molecule has 2 aromatic carbocycles. The van der Waals surface area contributed by atoms with Crippen LogP contribution in [-0.2, 0) is 31.0 Å². The van der Waals surface area contributed by atoms with Gasteiger partial charge in [0.25, 0.3) is 5.89 Å². The molecule has 32 heavy (non-hydrogen) atoms. The van der Waals surface area contributed by atoms with Gasteiger partial charge in [0.15, 0.2) is 6.61 Å². The van der Waals surface area contributed by atoms with Crippen molar-refractivity contribution in [2.75, 3.05) is 11.9 Å². The van der Waals surface area contributed by atoms with Crippen molar-refractivity contribution in [1.82, 2.24) is 14.9 Å². The van der Waals surface area contributed by atoms with Gasteiger partial charge in [-0.2, -0.15) is 4.98 Å². The number of ether oxygens (including phenoxy) is 1. The number of hydrogen-bond donors (Lipinski definition) is 2. The van der Waals surface area contributed by atoms with E-state index in [1.807, 2.05) is 0 Å². The molecule has 2 N–H and O–H groups in total. The molecule has 1 heterocycles. The van der Waals surface area contributed by atoms with Crippen LogP contribution in [0.2, 0.25) is 5.02 Å². The molecule has 0 saturated heterocycles. The second-order valence-electron chi connectivity index (χ2n) is 6.53. The smallest absolute Gasteiger partial charge is 0.307 e. The zero-order chi connectivity index (χ0) is 23.1. The largest absolute Gasteiger partial charge is 0.456 e. The average Bonchev–Trinajstić information content (AvgIpc) is 3.22. The number of esters is 1. The van der Waals surface area contributed by atoms with Crippen molar-refractivity contribution >= 4 is 39.2 Å². The molecule has 1 aromatic heterocycles. The van der Waals surface area contributed by atoms with Crippen LogP contribution in [0.15, 0.2) is 57.9 Å². The maximum Gasteiger partial charge on any atom is 0.307 e. The van der Waals surface area contributed by atoms with E-state index >= 15 is 0 Å². The Kier molecular flexibility index (Phi) is 7.57. The van der Waals surface area contributed by atoms with Crippen molar-refractivity contribution in [1.29, 1.82) is 0 Å². The third-order valence-electron chi connectivity index (χ3n) is 4.03. The molecule has 0 bridgehead atoms. The van der Waals surface area contributed by atoms with Crippen molar-refractivity contribution in [2.24, 2.45) is 0 Å². The van der Waals surface area contributed by atoms with Crippen LogP contribution in [0.1, 0.15) is 19.2 Å². The van der Waals surface area contributed by atoms with Gasteiger partial charge in [-0.1, -0.05) is 16.8 Å². The molecule has 1 amide bonds. The molecular weight excluding hydrogens is 460 g/mol. The zero-order valence-corrected chi connectivity index (χ0v) is 18.4. The van der Waals surface area contributed by atoms with E-state index in [0.717, 1.165) is 0 Å². The quantitative estimate of drug-likeness (QED) is 0.447. The Morgan fingerprint density at radius 2 is 1.78 bits per heavy atom. The van der Waals surface area contributed by atoms with E-state index in [9.17, 15) is 18.0 Å². The molecule has 168 valence electrons. The summed E-state index contributed by atoms with van der Waals surface area (Å²) in [6, 6.07) is 12.4. The molecule has 0 aliphatic rings. The predicted molar refractivity (Wildman–Crippen MR) is 115 cm³/mol. The normalized spacial score (nSPS) is 11.2. The van der Waals surface area contributed by atoms with Crippen molar-refractivity contribution in [3.8, 4) is 11.4 Å². The van der Waals surface area contributed by atoms with Gasteiger partial charge in [0.2, 0.25) is 21.8 Å². The fourth-order valence-electron chi connectivity index (χ4n) is 2.54. The molecule has 10 nitrogen and oxygen atoms in total. The number of carbonyl (C=O) groups is 2. The maximum absolute atomic E-state index is 12.3. The number of nitrogens with zero attached hydrogens (tertiary/aromatic N) is 2. The van der Waals surface area contributed by atoms with Crippen LogP contribution in [0, 0.1) is 0 Å². The van der Waals surface area contributed by atoms with E-state index in [0.29, 0.717) is 22.1 Å². The zero-order valence-electron chi connectivity index (χ0n) is 16.9. The van der Waals surface area contributed by atoms with E-state index in [4.69, 9.17) is 20.9 Å². The van der Waals surface area contributed by atoms with Crippen molar-refractivity contribution in [3.63, 3.8) is 0 Å². The topological polar surface area (TPSA) is 140 Å². The summed E-state index contributed by atoms with van der Waals surface area (Å²) in [5.41, 5.74) is 1.16. The lowest BCUT2D eigenvalue weighted by Gasteiger charge is -2.08. The van der Waals surface area contributed by atoms with Gasteiger partial charge in [-0.25, -0.2) is 13.1 Å². The maximum atomic E-state index is 12.3. The molecule has 12 heteroatoms. The van der Waals surface area contributed by atoms with E-state index in [1.54, 1.807) is 24.3 Å². The predicted octanol–water partition coefficient (Wildman–Crippen LogP) is 2.76. The van der Waals surface area contributed by atoms with Crippen LogP contribution in [0.5, 0.6) is 0 Å². The Morgan fingerprint density at radius 3 is 2.44 bits per heavy atom. The van der Waals surface area contributed by atoms with Crippen LogP contribution >= 0.6 is 11.6 Å². The lowest BCUT2D eigenvalue weighted by molar-refractivity contribution is -0.145. The number of amides is 1. The number of nitrogens with one attached hydrogen (secondary N) is 2. The third-order valence-corrected chi connectivity index (χ3v) is 5.76. The summed E-state index contributed by atoms with van der Waals surface area (Å²) in [5, 5.41) is 6.93. The minimum Gasteiger partial charge on any atom is -0.456 e. The molecule has 0 aliphatic carbocycles. The number of halogens is 1. The summed E-state index contributed by atoms with van der Waals surface area (Å²) in [4.78, 5) is 27.0. The Bertz CT molecular complexity index is 1190. The fourth-order valence-corrected chi connectivity index (χ4v) is 3.69. The lowest BCUT2D eigenvalue weighted by Crippen LogP contribution is -2.26. The minimum absolute atomic E-state index is 0.000517. The summed E-state index contributed by atoms with van der Waals surface area (Å²) < 4.78 is 37.0. The molecular formula is C20H19ClN4O6S. The minimum atomic E-state index is -3.82. The first-order chi connectivity index (χ1) is 15.2. The first-order valence-electron chi connectivity index (χ1n) is 9.34. The van der Waals surface area contributed by atoms with Crippen LogP contribution in [-0.4, -0.2) is 37.0 Å². The third kappa shape index (κ3) is 6.61. The highest BCUT2D eigenvalue weighted by atomic mass is 35.5. The number of carbonyl (C=O) groups excluding carboxylic acids is 2. The van der Waals surface area contributed by atoms with Gasteiger partial charge >= 0.3 is 5.97 Å². The lowest BCUT2D eigenvalue weighted by atomic mass is 10.2. The first kappa shape index (κ1) is 23.4. The van der Waals surface area contributed by atoms with Crippen LogP contribution in [0.25, 0.3) is 11.4 Å². The van der Waals surface area contributed by atoms with Crippen molar-refractivity contribution in [2.45, 2.75) is 24.8 Å². The van der Waals surface area contributed by atoms with Gasteiger partial charge in [-0.3, -0.25) is 9.59 Å². The number of aromatic nitrogens is 2. The highest BCUT2D eigenvalue weighted by Gasteiger charge is 2.16. The average molecular weight is 479 g/mol. The van der Waals surface area contributed by atoms with E-state index in [1.165, 1.54) is 31.2 Å². The summed E-state index contributed by atoms with van der Waals surface area (Å²) >= 11 is 5.84. The van der Waals surface area contributed by atoms with E-state index in [-0.39, 0.29) is 36.3 Å². The molecule has 0 radical (unpaired) electrons. The van der Waals surface area contributed by atoms with Gasteiger partial charge in [-0.15, -0.1) is 0 Å². The Labute approximate surface area is 189 Å². The van der Waals surface area contributed by atoms with Crippen LogP contribution in [0.3, 0.4) is 0 Å². The fraction of sp³-hybridized carbons (Fsp3) is 0.200. The summed E-state index contributed by atoms with van der Waals surface area (Å²) in [5.74, 6) is -0.480. The van der Waals surface area contributed by atoms with Gasteiger partial charge in [0.1, 0.15) is 0 Å².